The van der Waals surface area contributed by atoms with E-state index in [1.165, 1.54) is 11.1 Å². The number of halogens is 1. The van der Waals surface area contributed by atoms with Crippen LogP contribution >= 0.6 is 24.0 Å². The number of aryl methyl sites for hydroxylation is 1. The van der Waals surface area contributed by atoms with Crippen LogP contribution in [0, 0.1) is 12.8 Å². The molecule has 6 heteroatoms. The van der Waals surface area contributed by atoms with E-state index in [0.29, 0.717) is 19.1 Å². The number of benzene rings is 1. The maximum Gasteiger partial charge on any atom is 0.193 e. The van der Waals surface area contributed by atoms with Gasteiger partial charge >= 0.3 is 0 Å². The van der Waals surface area contributed by atoms with E-state index in [4.69, 9.17) is 14.5 Å². The average Bonchev–Trinajstić information content (AvgIpc) is 3.07. The molecule has 0 amide bonds. The average molecular weight is 475 g/mol. The van der Waals surface area contributed by atoms with Crippen LogP contribution in [0.1, 0.15) is 24.5 Å². The zero-order valence-corrected chi connectivity index (χ0v) is 18.7. The molecule has 1 aromatic rings. The maximum atomic E-state index is 5.68. The zero-order valence-electron chi connectivity index (χ0n) is 16.4. The highest BCUT2D eigenvalue weighted by atomic mass is 127. The van der Waals surface area contributed by atoms with Gasteiger partial charge in [-0.15, -0.1) is 24.0 Å². The van der Waals surface area contributed by atoms with Gasteiger partial charge in [-0.25, -0.2) is 0 Å². The third-order valence-electron chi connectivity index (χ3n) is 4.45. The molecular formula is C20H34IN3O2. The number of methoxy groups -OCH3 is 1. The van der Waals surface area contributed by atoms with Gasteiger partial charge in [0, 0.05) is 39.2 Å². The minimum absolute atomic E-state index is 0. The summed E-state index contributed by atoms with van der Waals surface area (Å²) >= 11 is 0. The first-order valence-electron chi connectivity index (χ1n) is 9.38. The number of hydrogen-bond acceptors (Lipinski definition) is 3. The monoisotopic (exact) mass is 475 g/mol. The molecule has 1 atom stereocenters. The minimum atomic E-state index is 0. The van der Waals surface area contributed by atoms with Gasteiger partial charge in [-0.05, 0) is 32.3 Å². The van der Waals surface area contributed by atoms with Crippen molar-refractivity contribution in [2.24, 2.45) is 10.9 Å². The van der Waals surface area contributed by atoms with E-state index in [0.717, 1.165) is 51.6 Å². The topological polar surface area (TPSA) is 46.1 Å². The van der Waals surface area contributed by atoms with E-state index in [1.54, 1.807) is 7.11 Å². The van der Waals surface area contributed by atoms with Crippen molar-refractivity contribution in [3.63, 3.8) is 0 Å². The van der Waals surface area contributed by atoms with Crippen molar-refractivity contribution in [1.82, 2.24) is 10.2 Å². The molecule has 26 heavy (non-hydrogen) atoms. The number of ether oxygens (including phenoxy) is 2. The Labute approximate surface area is 175 Å². The van der Waals surface area contributed by atoms with E-state index in [9.17, 15) is 0 Å². The number of rotatable bonds is 9. The molecule has 1 fully saturated rings. The van der Waals surface area contributed by atoms with Gasteiger partial charge in [-0.1, -0.05) is 29.8 Å². The Morgan fingerprint density at radius 1 is 1.35 bits per heavy atom. The number of aliphatic imine (C=N–C) groups is 1. The molecule has 1 aliphatic heterocycles. The Morgan fingerprint density at radius 2 is 2.19 bits per heavy atom. The molecule has 148 valence electrons. The third kappa shape index (κ3) is 8.22. The summed E-state index contributed by atoms with van der Waals surface area (Å²) in [5, 5.41) is 3.43. The summed E-state index contributed by atoms with van der Waals surface area (Å²) in [7, 11) is 1.70. The van der Waals surface area contributed by atoms with Crippen LogP contribution in [0.5, 0.6) is 0 Å². The quantitative estimate of drug-likeness (QED) is 0.258. The highest BCUT2D eigenvalue weighted by Gasteiger charge is 2.24. The van der Waals surface area contributed by atoms with Crippen LogP contribution < -0.4 is 5.32 Å². The molecule has 0 spiro atoms. The number of guanidine groups is 1. The summed E-state index contributed by atoms with van der Waals surface area (Å²) in [5.74, 6) is 1.62. The van der Waals surface area contributed by atoms with E-state index in [-0.39, 0.29) is 24.0 Å². The molecule has 0 aromatic heterocycles. The second-order valence-electron chi connectivity index (χ2n) is 6.64. The Hall–Kier alpha value is -0.860. The summed E-state index contributed by atoms with van der Waals surface area (Å²) in [5.41, 5.74) is 2.66. The normalized spacial score (nSPS) is 17.3. The molecule has 1 unspecified atom stereocenters. The molecule has 5 nitrogen and oxygen atoms in total. The van der Waals surface area contributed by atoms with E-state index >= 15 is 0 Å². The van der Waals surface area contributed by atoms with Crippen LogP contribution in [0.15, 0.2) is 29.3 Å². The molecule has 1 N–H and O–H groups in total. The van der Waals surface area contributed by atoms with E-state index < -0.39 is 0 Å². The maximum absolute atomic E-state index is 5.68. The summed E-state index contributed by atoms with van der Waals surface area (Å²) in [6, 6.07) is 8.68. The van der Waals surface area contributed by atoms with Gasteiger partial charge in [0.05, 0.1) is 19.8 Å². The van der Waals surface area contributed by atoms with Crippen molar-refractivity contribution >= 4 is 29.9 Å². The van der Waals surface area contributed by atoms with Gasteiger partial charge < -0.3 is 19.7 Å². The van der Waals surface area contributed by atoms with Gasteiger partial charge in [-0.3, -0.25) is 4.99 Å². The predicted molar refractivity (Wildman–Crippen MR) is 119 cm³/mol. The van der Waals surface area contributed by atoms with Crippen LogP contribution in [0.25, 0.3) is 0 Å². The SMILES string of the molecule is CCNC(=NCCc1cccc(C)c1)N1CCC(COCCOC)C1.I. The molecule has 1 aromatic carbocycles. The molecule has 1 saturated heterocycles. The predicted octanol–water partition coefficient (Wildman–Crippen LogP) is 3.11. The number of nitrogens with zero attached hydrogens (tertiary/aromatic N) is 2. The molecular weight excluding hydrogens is 441 g/mol. The highest BCUT2D eigenvalue weighted by Crippen LogP contribution is 2.16. The Bertz CT molecular complexity index is 540. The van der Waals surface area contributed by atoms with Gasteiger partial charge in [-0.2, -0.15) is 0 Å². The molecule has 1 heterocycles. The van der Waals surface area contributed by atoms with Crippen molar-refractivity contribution in [2.75, 3.05) is 53.1 Å². The fourth-order valence-electron chi connectivity index (χ4n) is 3.14. The van der Waals surface area contributed by atoms with Gasteiger partial charge in [0.2, 0.25) is 0 Å². The second kappa shape index (κ2) is 13.3. The van der Waals surface area contributed by atoms with Crippen molar-refractivity contribution in [2.45, 2.75) is 26.7 Å². The summed E-state index contributed by atoms with van der Waals surface area (Å²) in [6.07, 6.45) is 2.14. The molecule has 0 saturated carbocycles. The van der Waals surface area contributed by atoms with Crippen LogP contribution in [-0.2, 0) is 15.9 Å². The lowest BCUT2D eigenvalue weighted by Gasteiger charge is -2.21. The largest absolute Gasteiger partial charge is 0.382 e. The molecule has 0 aliphatic carbocycles. The summed E-state index contributed by atoms with van der Waals surface area (Å²) in [4.78, 5) is 7.20. The van der Waals surface area contributed by atoms with Crippen LogP contribution in [0.3, 0.4) is 0 Å². The Balaban J connectivity index is 0.00000338. The van der Waals surface area contributed by atoms with Gasteiger partial charge in [0.25, 0.3) is 0 Å². The molecule has 0 radical (unpaired) electrons. The first-order valence-corrected chi connectivity index (χ1v) is 9.38. The van der Waals surface area contributed by atoms with Gasteiger partial charge in [0.15, 0.2) is 5.96 Å². The molecule has 0 bridgehead atoms. The van der Waals surface area contributed by atoms with Gasteiger partial charge in [0.1, 0.15) is 0 Å². The highest BCUT2D eigenvalue weighted by molar-refractivity contribution is 14.0. The van der Waals surface area contributed by atoms with Crippen LogP contribution in [-0.4, -0.2) is 64.0 Å². The first kappa shape index (κ1) is 23.2. The lowest BCUT2D eigenvalue weighted by molar-refractivity contribution is 0.0536. The van der Waals surface area contributed by atoms with Crippen molar-refractivity contribution in [3.8, 4) is 0 Å². The number of likely N-dealkylation sites (tertiary alicyclic amines) is 1. The Morgan fingerprint density at radius 3 is 2.92 bits per heavy atom. The second-order valence-corrected chi connectivity index (χ2v) is 6.64. The summed E-state index contributed by atoms with van der Waals surface area (Å²) < 4.78 is 10.7. The lowest BCUT2D eigenvalue weighted by atomic mass is 10.1. The fraction of sp³-hybridized carbons (Fsp3) is 0.650. The standard InChI is InChI=1S/C20H33N3O2.HI/c1-4-21-20(22-10-8-18-7-5-6-17(2)14-18)23-11-9-19(15-23)16-25-13-12-24-3;/h5-7,14,19H,4,8-13,15-16H2,1-3H3,(H,21,22);1H. The third-order valence-corrected chi connectivity index (χ3v) is 4.45. The molecule has 2 rings (SSSR count). The number of nitrogens with one attached hydrogen (secondary N) is 1. The number of hydrogen-bond donors (Lipinski definition) is 1. The fourth-order valence-corrected chi connectivity index (χ4v) is 3.14. The Kier molecular flexibility index (Phi) is 11.9. The van der Waals surface area contributed by atoms with E-state index in [2.05, 4.69) is 48.3 Å². The smallest absolute Gasteiger partial charge is 0.193 e. The van der Waals surface area contributed by atoms with E-state index in [1.807, 2.05) is 0 Å². The first-order chi connectivity index (χ1) is 12.2. The van der Waals surface area contributed by atoms with Crippen molar-refractivity contribution in [3.05, 3.63) is 35.4 Å². The lowest BCUT2D eigenvalue weighted by Crippen LogP contribution is -2.40. The van der Waals surface area contributed by atoms with Crippen molar-refractivity contribution in [1.29, 1.82) is 0 Å². The molecule has 1 aliphatic rings. The van der Waals surface area contributed by atoms with Crippen LogP contribution in [0.4, 0.5) is 0 Å². The zero-order chi connectivity index (χ0) is 17.9. The summed E-state index contributed by atoms with van der Waals surface area (Å²) in [6.45, 7) is 10.2. The minimum Gasteiger partial charge on any atom is -0.382 e. The van der Waals surface area contributed by atoms with Crippen molar-refractivity contribution < 1.29 is 9.47 Å². The van der Waals surface area contributed by atoms with Crippen LogP contribution in [0.2, 0.25) is 0 Å².